The molecule has 2 N–H and O–H groups in total. The molecular weight excluding hydrogens is 289 g/mol. The van der Waals surface area contributed by atoms with E-state index in [0.29, 0.717) is 6.04 Å². The molecule has 1 unspecified atom stereocenters. The van der Waals surface area contributed by atoms with Gasteiger partial charge in [0.1, 0.15) is 5.82 Å². The van der Waals surface area contributed by atoms with Crippen molar-refractivity contribution in [1.82, 2.24) is 15.6 Å². The molecule has 2 aromatic rings. The number of benzene rings is 1. The van der Waals surface area contributed by atoms with Crippen molar-refractivity contribution in [3.63, 3.8) is 0 Å². The van der Waals surface area contributed by atoms with E-state index < -0.39 is 0 Å². The Morgan fingerprint density at radius 3 is 2.43 bits per heavy atom. The average Bonchev–Trinajstić information content (AvgIpc) is 2.57. The summed E-state index contributed by atoms with van der Waals surface area (Å²) in [6.07, 6.45) is 1.88. The molecular formula is C19H26FN3. The molecule has 1 aromatic heterocycles. The van der Waals surface area contributed by atoms with Gasteiger partial charge in [-0.05, 0) is 68.9 Å². The lowest BCUT2D eigenvalue weighted by atomic mass is 9.94. The fraction of sp³-hybridized carbons (Fsp3) is 0.421. The standard InChI is InChI=1S/C19H26FN3/c1-5-18(22-4)17-12-16(10-11-21-3)23-19(13(17)2)14-6-8-15(20)9-7-14/h6-9,12,18,21-22H,5,10-11H2,1-4H3. The molecule has 1 heterocycles. The molecule has 124 valence electrons. The minimum Gasteiger partial charge on any atom is -0.319 e. The van der Waals surface area contributed by atoms with Crippen LogP contribution in [0.4, 0.5) is 4.39 Å². The second-order valence-electron chi connectivity index (χ2n) is 5.79. The number of likely N-dealkylation sites (N-methyl/N-ethyl adjacent to an activating group) is 1. The van der Waals surface area contributed by atoms with Gasteiger partial charge in [-0.15, -0.1) is 0 Å². The average molecular weight is 315 g/mol. The highest BCUT2D eigenvalue weighted by Gasteiger charge is 2.16. The Morgan fingerprint density at radius 1 is 1.17 bits per heavy atom. The van der Waals surface area contributed by atoms with E-state index in [1.165, 1.54) is 17.7 Å². The van der Waals surface area contributed by atoms with Crippen LogP contribution in [0.1, 0.15) is 36.2 Å². The molecule has 0 radical (unpaired) electrons. The molecule has 0 aliphatic heterocycles. The highest BCUT2D eigenvalue weighted by atomic mass is 19.1. The van der Waals surface area contributed by atoms with Gasteiger partial charge < -0.3 is 10.6 Å². The predicted molar refractivity (Wildman–Crippen MR) is 94.1 cm³/mol. The Kier molecular flexibility index (Phi) is 6.25. The summed E-state index contributed by atoms with van der Waals surface area (Å²) in [7, 11) is 3.93. The largest absolute Gasteiger partial charge is 0.319 e. The van der Waals surface area contributed by atoms with Crippen molar-refractivity contribution in [2.45, 2.75) is 32.7 Å². The zero-order valence-corrected chi connectivity index (χ0v) is 14.4. The normalized spacial score (nSPS) is 12.4. The minimum absolute atomic E-state index is 0.223. The second-order valence-corrected chi connectivity index (χ2v) is 5.79. The lowest BCUT2D eigenvalue weighted by molar-refractivity contribution is 0.572. The third-order valence-corrected chi connectivity index (χ3v) is 4.25. The number of hydrogen-bond donors (Lipinski definition) is 2. The van der Waals surface area contributed by atoms with Crippen molar-refractivity contribution in [3.05, 3.63) is 53.0 Å². The van der Waals surface area contributed by atoms with Gasteiger partial charge >= 0.3 is 0 Å². The van der Waals surface area contributed by atoms with Gasteiger partial charge in [0.25, 0.3) is 0 Å². The van der Waals surface area contributed by atoms with Gasteiger partial charge in [0.15, 0.2) is 0 Å². The zero-order valence-electron chi connectivity index (χ0n) is 14.4. The third kappa shape index (κ3) is 4.15. The predicted octanol–water partition coefficient (Wildman–Crippen LogP) is 3.63. The van der Waals surface area contributed by atoms with Gasteiger partial charge in [0.05, 0.1) is 5.69 Å². The number of halogens is 1. The van der Waals surface area contributed by atoms with E-state index in [2.05, 4.69) is 30.5 Å². The van der Waals surface area contributed by atoms with E-state index in [9.17, 15) is 4.39 Å². The molecule has 3 nitrogen and oxygen atoms in total. The topological polar surface area (TPSA) is 37.0 Å². The van der Waals surface area contributed by atoms with Crippen molar-refractivity contribution in [1.29, 1.82) is 0 Å². The third-order valence-electron chi connectivity index (χ3n) is 4.25. The molecule has 0 spiro atoms. The summed E-state index contributed by atoms with van der Waals surface area (Å²) < 4.78 is 13.2. The Hall–Kier alpha value is -1.78. The van der Waals surface area contributed by atoms with Gasteiger partial charge in [0.2, 0.25) is 0 Å². The number of hydrogen-bond acceptors (Lipinski definition) is 3. The Labute approximate surface area is 138 Å². The van der Waals surface area contributed by atoms with Crippen molar-refractivity contribution < 1.29 is 4.39 Å². The highest BCUT2D eigenvalue weighted by molar-refractivity contribution is 5.65. The summed E-state index contributed by atoms with van der Waals surface area (Å²) in [4.78, 5) is 4.83. The van der Waals surface area contributed by atoms with Gasteiger partial charge in [-0.2, -0.15) is 0 Å². The van der Waals surface area contributed by atoms with E-state index >= 15 is 0 Å². The number of nitrogens with zero attached hydrogens (tertiary/aromatic N) is 1. The van der Waals surface area contributed by atoms with Gasteiger partial charge in [0, 0.05) is 30.3 Å². The second kappa shape index (κ2) is 8.18. The first-order valence-corrected chi connectivity index (χ1v) is 8.18. The van der Waals surface area contributed by atoms with E-state index in [1.807, 2.05) is 14.1 Å². The zero-order chi connectivity index (χ0) is 16.8. The highest BCUT2D eigenvalue weighted by Crippen LogP contribution is 2.29. The molecule has 0 aliphatic carbocycles. The van der Waals surface area contributed by atoms with Crippen LogP contribution in [0.2, 0.25) is 0 Å². The van der Waals surface area contributed by atoms with Crippen molar-refractivity contribution in [2.75, 3.05) is 20.6 Å². The Bertz CT molecular complexity index is 634. The van der Waals surface area contributed by atoms with Crippen molar-refractivity contribution in [3.8, 4) is 11.3 Å². The summed E-state index contributed by atoms with van der Waals surface area (Å²) in [5.74, 6) is -0.223. The van der Waals surface area contributed by atoms with Crippen molar-refractivity contribution in [2.24, 2.45) is 0 Å². The molecule has 0 saturated carbocycles. The molecule has 0 aliphatic rings. The maximum Gasteiger partial charge on any atom is 0.123 e. The maximum atomic E-state index is 13.2. The van der Waals surface area contributed by atoms with Gasteiger partial charge in [-0.25, -0.2) is 4.39 Å². The van der Waals surface area contributed by atoms with Crippen LogP contribution in [0, 0.1) is 12.7 Å². The van der Waals surface area contributed by atoms with Crippen LogP contribution in [0.3, 0.4) is 0 Å². The summed E-state index contributed by atoms with van der Waals surface area (Å²) in [6, 6.07) is 9.08. The Balaban J connectivity index is 2.54. The molecule has 0 bridgehead atoms. The van der Waals surface area contributed by atoms with E-state index in [-0.39, 0.29) is 5.82 Å². The number of pyridine rings is 1. The molecule has 0 fully saturated rings. The van der Waals surface area contributed by atoms with Crippen LogP contribution in [0.15, 0.2) is 30.3 Å². The molecule has 2 rings (SSSR count). The lowest BCUT2D eigenvalue weighted by Crippen LogP contribution is -2.18. The molecule has 0 amide bonds. The summed E-state index contributed by atoms with van der Waals surface area (Å²) in [6.45, 7) is 5.16. The van der Waals surface area contributed by atoms with Crippen LogP contribution in [0.25, 0.3) is 11.3 Å². The first-order chi connectivity index (χ1) is 11.1. The quantitative estimate of drug-likeness (QED) is 0.819. The fourth-order valence-corrected chi connectivity index (χ4v) is 2.90. The smallest absolute Gasteiger partial charge is 0.123 e. The summed E-state index contributed by atoms with van der Waals surface area (Å²) in [5.41, 5.74) is 5.40. The van der Waals surface area contributed by atoms with Crippen LogP contribution in [0.5, 0.6) is 0 Å². The fourth-order valence-electron chi connectivity index (χ4n) is 2.90. The number of aromatic nitrogens is 1. The van der Waals surface area contributed by atoms with Crippen LogP contribution in [-0.2, 0) is 6.42 Å². The van der Waals surface area contributed by atoms with E-state index in [0.717, 1.165) is 41.9 Å². The van der Waals surface area contributed by atoms with Crippen LogP contribution in [-0.4, -0.2) is 25.6 Å². The van der Waals surface area contributed by atoms with Gasteiger partial charge in [-0.1, -0.05) is 6.92 Å². The van der Waals surface area contributed by atoms with E-state index in [4.69, 9.17) is 4.98 Å². The minimum atomic E-state index is -0.223. The molecule has 4 heteroatoms. The summed E-state index contributed by atoms with van der Waals surface area (Å²) in [5, 5.41) is 6.55. The van der Waals surface area contributed by atoms with Crippen molar-refractivity contribution >= 4 is 0 Å². The number of rotatable bonds is 7. The number of nitrogens with one attached hydrogen (secondary N) is 2. The monoisotopic (exact) mass is 315 g/mol. The SMILES string of the molecule is CCC(NC)c1cc(CCNC)nc(-c2ccc(F)cc2)c1C. The molecule has 1 atom stereocenters. The first-order valence-electron chi connectivity index (χ1n) is 8.18. The molecule has 0 saturated heterocycles. The molecule has 23 heavy (non-hydrogen) atoms. The van der Waals surface area contributed by atoms with E-state index in [1.54, 1.807) is 12.1 Å². The van der Waals surface area contributed by atoms with Gasteiger partial charge in [-0.3, -0.25) is 4.98 Å². The van der Waals surface area contributed by atoms with Crippen LogP contribution < -0.4 is 10.6 Å². The molecule has 1 aromatic carbocycles. The lowest BCUT2D eigenvalue weighted by Gasteiger charge is -2.20. The van der Waals surface area contributed by atoms with Crippen LogP contribution >= 0.6 is 0 Å². The Morgan fingerprint density at radius 2 is 1.87 bits per heavy atom. The maximum absolute atomic E-state index is 13.2. The first kappa shape index (κ1) is 17.6. The summed E-state index contributed by atoms with van der Waals surface area (Å²) >= 11 is 0.